The molecule has 0 spiro atoms. The number of carbonyl (C=O) groups excluding carboxylic acids is 1. The number of methoxy groups -OCH3 is 2. The van der Waals surface area contributed by atoms with Crippen LogP contribution in [-0.2, 0) is 17.6 Å². The molecule has 20 heavy (non-hydrogen) atoms. The van der Waals surface area contributed by atoms with Crippen molar-refractivity contribution in [3.05, 3.63) is 23.3 Å². The minimum atomic E-state index is 0.212. The summed E-state index contributed by atoms with van der Waals surface area (Å²) in [7, 11) is 3.26. The standard InChI is InChI=1S/C16H23NO3/c1-4-5-7-17-8-6-12-9-14(19-2)15(20-3)10-13(12)11-16(17)18/h9-10H,4-8,11H2,1-3H3. The third-order valence-corrected chi connectivity index (χ3v) is 3.83. The summed E-state index contributed by atoms with van der Waals surface area (Å²) in [6, 6.07) is 3.94. The van der Waals surface area contributed by atoms with Crippen molar-refractivity contribution < 1.29 is 14.3 Å². The highest BCUT2D eigenvalue weighted by Crippen LogP contribution is 2.32. The lowest BCUT2D eigenvalue weighted by Crippen LogP contribution is -2.33. The topological polar surface area (TPSA) is 38.8 Å². The van der Waals surface area contributed by atoms with Crippen molar-refractivity contribution in [2.45, 2.75) is 32.6 Å². The zero-order valence-corrected chi connectivity index (χ0v) is 12.6. The van der Waals surface area contributed by atoms with Gasteiger partial charge in [0.05, 0.1) is 20.6 Å². The number of amides is 1. The summed E-state index contributed by atoms with van der Waals surface area (Å²) in [6.45, 7) is 3.80. The third-order valence-electron chi connectivity index (χ3n) is 3.83. The summed E-state index contributed by atoms with van der Waals surface area (Å²) in [5, 5.41) is 0. The molecule has 1 amide bonds. The average molecular weight is 277 g/mol. The van der Waals surface area contributed by atoms with Crippen LogP contribution in [0.3, 0.4) is 0 Å². The van der Waals surface area contributed by atoms with Gasteiger partial charge in [0, 0.05) is 13.1 Å². The van der Waals surface area contributed by atoms with Crippen molar-refractivity contribution in [3.63, 3.8) is 0 Å². The molecule has 1 aromatic carbocycles. The van der Waals surface area contributed by atoms with Crippen LogP contribution in [0, 0.1) is 0 Å². The molecule has 0 radical (unpaired) electrons. The van der Waals surface area contributed by atoms with E-state index < -0.39 is 0 Å². The number of hydrogen-bond acceptors (Lipinski definition) is 3. The smallest absolute Gasteiger partial charge is 0.227 e. The maximum absolute atomic E-state index is 12.3. The van der Waals surface area contributed by atoms with E-state index in [4.69, 9.17) is 9.47 Å². The Bertz CT molecular complexity index is 485. The van der Waals surface area contributed by atoms with Crippen LogP contribution in [0.1, 0.15) is 30.9 Å². The minimum Gasteiger partial charge on any atom is -0.493 e. The van der Waals surface area contributed by atoms with Crippen molar-refractivity contribution in [2.75, 3.05) is 27.3 Å². The van der Waals surface area contributed by atoms with Crippen LogP contribution in [0.15, 0.2) is 12.1 Å². The lowest BCUT2D eigenvalue weighted by molar-refractivity contribution is -0.130. The number of rotatable bonds is 5. The van der Waals surface area contributed by atoms with Crippen LogP contribution in [0.25, 0.3) is 0 Å². The summed E-state index contributed by atoms with van der Waals surface area (Å²) in [4.78, 5) is 14.3. The van der Waals surface area contributed by atoms with Crippen molar-refractivity contribution >= 4 is 5.91 Å². The van der Waals surface area contributed by atoms with Gasteiger partial charge in [-0.15, -0.1) is 0 Å². The zero-order valence-electron chi connectivity index (χ0n) is 12.6. The first-order valence-corrected chi connectivity index (χ1v) is 7.21. The van der Waals surface area contributed by atoms with Crippen LogP contribution in [0.5, 0.6) is 11.5 Å². The Morgan fingerprint density at radius 2 is 1.80 bits per heavy atom. The van der Waals surface area contributed by atoms with Crippen molar-refractivity contribution in [2.24, 2.45) is 0 Å². The molecule has 0 aromatic heterocycles. The normalized spacial score (nSPS) is 14.8. The van der Waals surface area contributed by atoms with Crippen LogP contribution in [-0.4, -0.2) is 38.1 Å². The molecule has 110 valence electrons. The molecule has 0 aliphatic carbocycles. The number of carbonyl (C=O) groups is 1. The molecule has 0 saturated heterocycles. The van der Waals surface area contributed by atoms with Crippen molar-refractivity contribution in [1.29, 1.82) is 0 Å². The van der Waals surface area contributed by atoms with Gasteiger partial charge in [0.2, 0.25) is 5.91 Å². The second-order valence-electron chi connectivity index (χ2n) is 5.14. The van der Waals surface area contributed by atoms with Gasteiger partial charge in [0.1, 0.15) is 0 Å². The molecule has 0 fully saturated rings. The quantitative estimate of drug-likeness (QED) is 0.829. The van der Waals surface area contributed by atoms with Gasteiger partial charge in [-0.25, -0.2) is 0 Å². The fourth-order valence-corrected chi connectivity index (χ4v) is 2.60. The predicted molar refractivity (Wildman–Crippen MR) is 78.4 cm³/mol. The molecule has 4 heteroatoms. The van der Waals surface area contributed by atoms with Crippen molar-refractivity contribution in [3.8, 4) is 11.5 Å². The number of unbranched alkanes of at least 4 members (excludes halogenated alkanes) is 1. The summed E-state index contributed by atoms with van der Waals surface area (Å²) in [6.07, 6.45) is 3.51. The second kappa shape index (κ2) is 6.64. The van der Waals surface area contributed by atoms with Gasteiger partial charge in [0.25, 0.3) is 0 Å². The van der Waals surface area contributed by atoms with E-state index in [1.54, 1.807) is 14.2 Å². The lowest BCUT2D eigenvalue weighted by atomic mass is 10.0. The molecule has 1 aromatic rings. The Balaban J connectivity index is 2.24. The third kappa shape index (κ3) is 3.06. The SMILES string of the molecule is CCCCN1CCc2cc(OC)c(OC)cc2CC1=O. The monoisotopic (exact) mass is 277 g/mol. The zero-order chi connectivity index (χ0) is 14.5. The van der Waals surface area contributed by atoms with Crippen LogP contribution < -0.4 is 9.47 Å². The molecular weight excluding hydrogens is 254 g/mol. The Morgan fingerprint density at radius 3 is 2.40 bits per heavy atom. The minimum absolute atomic E-state index is 0.212. The summed E-state index contributed by atoms with van der Waals surface area (Å²) >= 11 is 0. The molecule has 0 unspecified atom stereocenters. The fraction of sp³-hybridized carbons (Fsp3) is 0.562. The van der Waals surface area contributed by atoms with E-state index in [1.807, 2.05) is 17.0 Å². The molecule has 1 aliphatic rings. The first kappa shape index (κ1) is 14.7. The second-order valence-corrected chi connectivity index (χ2v) is 5.14. The summed E-state index contributed by atoms with van der Waals surface area (Å²) in [5.74, 6) is 1.64. The van der Waals surface area contributed by atoms with Crippen LogP contribution in [0.2, 0.25) is 0 Å². The van der Waals surface area contributed by atoms with Gasteiger partial charge < -0.3 is 14.4 Å². The van der Waals surface area contributed by atoms with Gasteiger partial charge in [-0.05, 0) is 36.1 Å². The van der Waals surface area contributed by atoms with E-state index in [9.17, 15) is 4.79 Å². The van der Waals surface area contributed by atoms with E-state index in [2.05, 4.69) is 6.92 Å². The Labute approximate surface area is 120 Å². The van der Waals surface area contributed by atoms with Gasteiger partial charge >= 0.3 is 0 Å². The van der Waals surface area contributed by atoms with Gasteiger partial charge in [-0.3, -0.25) is 4.79 Å². The van der Waals surface area contributed by atoms with Gasteiger partial charge in [0.15, 0.2) is 11.5 Å². The molecule has 0 N–H and O–H groups in total. The molecule has 1 heterocycles. The number of ether oxygens (including phenoxy) is 2. The van der Waals surface area contributed by atoms with Gasteiger partial charge in [-0.1, -0.05) is 13.3 Å². The maximum atomic E-state index is 12.3. The number of nitrogens with zero attached hydrogens (tertiary/aromatic N) is 1. The van der Waals surface area contributed by atoms with E-state index in [-0.39, 0.29) is 5.91 Å². The lowest BCUT2D eigenvalue weighted by Gasteiger charge is -2.19. The largest absolute Gasteiger partial charge is 0.493 e. The molecule has 0 bridgehead atoms. The van der Waals surface area contributed by atoms with E-state index >= 15 is 0 Å². The Morgan fingerprint density at radius 1 is 1.15 bits per heavy atom. The van der Waals surface area contributed by atoms with Crippen LogP contribution >= 0.6 is 0 Å². The highest BCUT2D eigenvalue weighted by Gasteiger charge is 2.22. The molecule has 4 nitrogen and oxygen atoms in total. The van der Waals surface area contributed by atoms with E-state index in [0.717, 1.165) is 43.7 Å². The number of fused-ring (bicyclic) bond motifs is 1. The number of benzene rings is 1. The average Bonchev–Trinajstić information content (AvgIpc) is 2.61. The molecule has 2 rings (SSSR count). The highest BCUT2D eigenvalue weighted by atomic mass is 16.5. The van der Waals surface area contributed by atoms with E-state index in [0.29, 0.717) is 12.2 Å². The first-order valence-electron chi connectivity index (χ1n) is 7.21. The van der Waals surface area contributed by atoms with Gasteiger partial charge in [-0.2, -0.15) is 0 Å². The number of hydrogen-bond donors (Lipinski definition) is 0. The first-order chi connectivity index (χ1) is 9.69. The Hall–Kier alpha value is -1.71. The molecule has 1 aliphatic heterocycles. The molecule has 0 atom stereocenters. The van der Waals surface area contributed by atoms with Crippen LogP contribution in [0.4, 0.5) is 0 Å². The van der Waals surface area contributed by atoms with E-state index in [1.165, 1.54) is 5.56 Å². The molecular formula is C16H23NO3. The molecule has 0 saturated carbocycles. The summed E-state index contributed by atoms with van der Waals surface area (Å²) in [5.41, 5.74) is 2.25. The maximum Gasteiger partial charge on any atom is 0.227 e. The summed E-state index contributed by atoms with van der Waals surface area (Å²) < 4.78 is 10.7. The predicted octanol–water partition coefficient (Wildman–Crippen LogP) is 2.43. The van der Waals surface area contributed by atoms with Crippen molar-refractivity contribution in [1.82, 2.24) is 4.90 Å². The highest BCUT2D eigenvalue weighted by molar-refractivity contribution is 5.80. The Kier molecular flexibility index (Phi) is 4.88. The fourth-order valence-electron chi connectivity index (χ4n) is 2.60.